The smallest absolute Gasteiger partial charge is 0.251 e. The molecule has 3 rings (SSSR count). The van der Waals surface area contributed by atoms with E-state index >= 15 is 0 Å². The highest BCUT2D eigenvalue weighted by Gasteiger charge is 2.16. The van der Waals surface area contributed by atoms with Crippen molar-refractivity contribution in [3.05, 3.63) is 53.1 Å². The van der Waals surface area contributed by atoms with E-state index in [0.29, 0.717) is 36.0 Å². The Balaban J connectivity index is 1.63. The van der Waals surface area contributed by atoms with Gasteiger partial charge < -0.3 is 25.6 Å². The summed E-state index contributed by atoms with van der Waals surface area (Å²) in [6, 6.07) is 12.4. The van der Waals surface area contributed by atoms with Gasteiger partial charge in [0, 0.05) is 35.9 Å². The van der Waals surface area contributed by atoms with Crippen LogP contribution in [-0.4, -0.2) is 51.2 Å². The zero-order chi connectivity index (χ0) is 20.6. The summed E-state index contributed by atoms with van der Waals surface area (Å²) in [6.45, 7) is 5.39. The number of nitrogens with zero attached hydrogens (tertiary/aromatic N) is 1. The summed E-state index contributed by atoms with van der Waals surface area (Å²) in [5.41, 5.74) is 2.86. The van der Waals surface area contributed by atoms with Gasteiger partial charge in [0.2, 0.25) is 5.91 Å². The van der Waals surface area contributed by atoms with Crippen LogP contribution in [0.4, 0.5) is 17.1 Å². The molecule has 29 heavy (non-hydrogen) atoms. The van der Waals surface area contributed by atoms with Gasteiger partial charge in [-0.3, -0.25) is 9.59 Å². The summed E-state index contributed by atoms with van der Waals surface area (Å²) < 4.78 is 5.41. The van der Waals surface area contributed by atoms with E-state index in [-0.39, 0.29) is 18.4 Å². The number of amides is 2. The Bertz CT molecular complexity index is 869. The number of anilines is 3. The van der Waals surface area contributed by atoms with Gasteiger partial charge in [0.05, 0.1) is 31.1 Å². The van der Waals surface area contributed by atoms with E-state index in [1.165, 1.54) is 0 Å². The first kappa shape index (κ1) is 21.0. The molecular formula is C21H25ClN4O3. The largest absolute Gasteiger partial charge is 0.378 e. The van der Waals surface area contributed by atoms with Crippen LogP contribution >= 0.6 is 11.6 Å². The molecule has 0 aromatic heterocycles. The van der Waals surface area contributed by atoms with E-state index in [1.807, 2.05) is 25.1 Å². The Morgan fingerprint density at radius 2 is 1.93 bits per heavy atom. The lowest BCUT2D eigenvalue weighted by Gasteiger charge is -2.30. The predicted octanol–water partition coefficient (Wildman–Crippen LogP) is 2.98. The van der Waals surface area contributed by atoms with E-state index in [0.717, 1.165) is 24.5 Å². The van der Waals surface area contributed by atoms with Crippen LogP contribution < -0.4 is 20.9 Å². The molecule has 0 atom stereocenters. The SMILES string of the molecule is CCNC(=O)c1cccc(NC(=O)CNc2cc(Cl)ccc2N2CCOCC2)c1. The number of morpholine rings is 1. The molecule has 0 aliphatic carbocycles. The minimum atomic E-state index is -0.217. The third-order valence-corrected chi connectivity index (χ3v) is 4.73. The third-order valence-electron chi connectivity index (χ3n) is 4.50. The van der Waals surface area contributed by atoms with Crippen molar-refractivity contribution in [2.75, 3.05) is 54.9 Å². The van der Waals surface area contributed by atoms with Crippen LogP contribution in [0.1, 0.15) is 17.3 Å². The molecule has 154 valence electrons. The lowest BCUT2D eigenvalue weighted by Crippen LogP contribution is -2.36. The second-order valence-electron chi connectivity index (χ2n) is 6.60. The van der Waals surface area contributed by atoms with E-state index in [2.05, 4.69) is 20.9 Å². The monoisotopic (exact) mass is 416 g/mol. The Hall–Kier alpha value is -2.77. The van der Waals surface area contributed by atoms with E-state index in [4.69, 9.17) is 16.3 Å². The second-order valence-corrected chi connectivity index (χ2v) is 7.04. The molecular weight excluding hydrogens is 392 g/mol. The quantitative estimate of drug-likeness (QED) is 0.646. The number of rotatable bonds is 7. The standard InChI is InChI=1S/C21H25ClN4O3/c1-2-23-21(28)15-4-3-5-17(12-15)25-20(27)14-24-18-13-16(22)6-7-19(18)26-8-10-29-11-9-26/h3-7,12-13,24H,2,8-11,14H2,1H3,(H,23,28)(H,25,27). The number of hydrogen-bond acceptors (Lipinski definition) is 5. The van der Waals surface area contributed by atoms with Crippen LogP contribution in [-0.2, 0) is 9.53 Å². The maximum atomic E-state index is 12.4. The summed E-state index contributed by atoms with van der Waals surface area (Å²) in [5, 5.41) is 9.32. The summed E-state index contributed by atoms with van der Waals surface area (Å²) in [6.07, 6.45) is 0. The van der Waals surface area contributed by atoms with Gasteiger partial charge in [-0.2, -0.15) is 0 Å². The summed E-state index contributed by atoms with van der Waals surface area (Å²) in [4.78, 5) is 26.6. The first-order valence-corrected chi connectivity index (χ1v) is 9.99. The molecule has 1 aliphatic heterocycles. The maximum Gasteiger partial charge on any atom is 0.251 e. The molecule has 2 aromatic carbocycles. The highest BCUT2D eigenvalue weighted by atomic mass is 35.5. The Morgan fingerprint density at radius 1 is 1.14 bits per heavy atom. The van der Waals surface area contributed by atoms with E-state index in [1.54, 1.807) is 24.3 Å². The number of hydrogen-bond donors (Lipinski definition) is 3. The predicted molar refractivity (Wildman–Crippen MR) is 116 cm³/mol. The van der Waals surface area contributed by atoms with Crippen LogP contribution in [0.15, 0.2) is 42.5 Å². The fourth-order valence-electron chi connectivity index (χ4n) is 3.11. The molecule has 0 saturated carbocycles. The normalized spacial score (nSPS) is 13.7. The van der Waals surface area contributed by atoms with Gasteiger partial charge in [-0.05, 0) is 43.3 Å². The molecule has 3 N–H and O–H groups in total. The average molecular weight is 417 g/mol. The molecule has 0 spiro atoms. The average Bonchev–Trinajstić information content (AvgIpc) is 2.73. The van der Waals surface area contributed by atoms with Crippen molar-refractivity contribution < 1.29 is 14.3 Å². The molecule has 2 aromatic rings. The van der Waals surface area contributed by atoms with Crippen molar-refractivity contribution in [2.24, 2.45) is 0 Å². The zero-order valence-corrected chi connectivity index (χ0v) is 17.1. The van der Waals surface area contributed by atoms with Crippen molar-refractivity contribution >= 4 is 40.5 Å². The van der Waals surface area contributed by atoms with Crippen LogP contribution in [0.5, 0.6) is 0 Å². The molecule has 8 heteroatoms. The van der Waals surface area contributed by atoms with Crippen LogP contribution in [0.25, 0.3) is 0 Å². The third kappa shape index (κ3) is 5.85. The van der Waals surface area contributed by atoms with Crippen molar-refractivity contribution in [3.63, 3.8) is 0 Å². The number of benzene rings is 2. The van der Waals surface area contributed by atoms with Gasteiger partial charge in [0.15, 0.2) is 0 Å². The minimum Gasteiger partial charge on any atom is -0.378 e. The Morgan fingerprint density at radius 3 is 2.69 bits per heavy atom. The molecule has 2 amide bonds. The van der Waals surface area contributed by atoms with Gasteiger partial charge in [0.25, 0.3) is 5.91 Å². The fraction of sp³-hybridized carbons (Fsp3) is 0.333. The van der Waals surface area contributed by atoms with Crippen molar-refractivity contribution in [2.45, 2.75) is 6.92 Å². The number of nitrogens with one attached hydrogen (secondary N) is 3. The molecule has 1 saturated heterocycles. The molecule has 0 unspecified atom stereocenters. The number of carbonyl (C=O) groups is 2. The van der Waals surface area contributed by atoms with E-state index in [9.17, 15) is 9.59 Å². The van der Waals surface area contributed by atoms with Gasteiger partial charge in [-0.15, -0.1) is 0 Å². The first-order valence-electron chi connectivity index (χ1n) is 9.61. The summed E-state index contributed by atoms with van der Waals surface area (Å²) >= 11 is 6.15. The van der Waals surface area contributed by atoms with Crippen LogP contribution in [0.2, 0.25) is 5.02 Å². The molecule has 7 nitrogen and oxygen atoms in total. The van der Waals surface area contributed by atoms with Gasteiger partial charge in [0.1, 0.15) is 0 Å². The molecule has 1 heterocycles. The minimum absolute atomic E-state index is 0.0725. The molecule has 0 bridgehead atoms. The van der Waals surface area contributed by atoms with Gasteiger partial charge >= 0.3 is 0 Å². The zero-order valence-electron chi connectivity index (χ0n) is 16.3. The Kier molecular flexibility index (Phi) is 7.32. The number of carbonyl (C=O) groups excluding carboxylic acids is 2. The second kappa shape index (κ2) is 10.1. The molecule has 1 fully saturated rings. The lowest BCUT2D eigenvalue weighted by molar-refractivity contribution is -0.114. The van der Waals surface area contributed by atoms with Crippen molar-refractivity contribution in [1.82, 2.24) is 5.32 Å². The van der Waals surface area contributed by atoms with Crippen molar-refractivity contribution in [1.29, 1.82) is 0 Å². The fourth-order valence-corrected chi connectivity index (χ4v) is 3.28. The highest BCUT2D eigenvalue weighted by molar-refractivity contribution is 6.31. The number of ether oxygens (including phenoxy) is 1. The highest BCUT2D eigenvalue weighted by Crippen LogP contribution is 2.29. The van der Waals surface area contributed by atoms with E-state index < -0.39 is 0 Å². The first-order chi connectivity index (χ1) is 14.1. The lowest BCUT2D eigenvalue weighted by atomic mass is 10.2. The maximum absolute atomic E-state index is 12.4. The van der Waals surface area contributed by atoms with Gasteiger partial charge in [-0.1, -0.05) is 17.7 Å². The summed E-state index contributed by atoms with van der Waals surface area (Å²) in [5.74, 6) is -0.387. The van der Waals surface area contributed by atoms with Gasteiger partial charge in [-0.25, -0.2) is 0 Å². The summed E-state index contributed by atoms with van der Waals surface area (Å²) in [7, 11) is 0. The van der Waals surface area contributed by atoms with Crippen LogP contribution in [0, 0.1) is 0 Å². The molecule has 1 aliphatic rings. The topological polar surface area (TPSA) is 82.7 Å². The Labute approximate surface area is 175 Å². The van der Waals surface area contributed by atoms with Crippen LogP contribution in [0.3, 0.4) is 0 Å². The van der Waals surface area contributed by atoms with Crippen molar-refractivity contribution in [3.8, 4) is 0 Å². The molecule has 0 radical (unpaired) electrons. The number of halogens is 1.